The first-order valence-corrected chi connectivity index (χ1v) is 9.62. The molecule has 2 aromatic heterocycles. The zero-order valence-corrected chi connectivity index (χ0v) is 16.4. The Balaban J connectivity index is 1.31. The Morgan fingerprint density at radius 2 is 1.90 bits per heavy atom. The van der Waals surface area contributed by atoms with Crippen LogP contribution in [0.25, 0.3) is 21.9 Å². The second-order valence-corrected chi connectivity index (χ2v) is 6.76. The predicted molar refractivity (Wildman–Crippen MR) is 112 cm³/mol. The molecule has 1 amide bonds. The summed E-state index contributed by atoms with van der Waals surface area (Å²) in [5.41, 5.74) is 3.07. The van der Waals surface area contributed by atoms with Crippen molar-refractivity contribution in [1.29, 1.82) is 0 Å². The molecule has 0 unspecified atom stereocenters. The van der Waals surface area contributed by atoms with Crippen LogP contribution in [-0.4, -0.2) is 46.9 Å². The number of ether oxygens (including phenoxy) is 2. The summed E-state index contributed by atoms with van der Waals surface area (Å²) in [5.74, 6) is 0.555. The van der Waals surface area contributed by atoms with E-state index in [1.54, 1.807) is 13.4 Å². The van der Waals surface area contributed by atoms with Crippen LogP contribution in [0, 0.1) is 0 Å². The fourth-order valence-corrected chi connectivity index (χ4v) is 3.40. The monoisotopic (exact) mass is 392 g/mol. The van der Waals surface area contributed by atoms with Gasteiger partial charge in [-0.25, -0.2) is 4.98 Å². The maximum atomic E-state index is 12.2. The van der Waals surface area contributed by atoms with Crippen LogP contribution in [-0.2, 0) is 22.6 Å². The molecule has 0 aliphatic carbocycles. The Hall–Kier alpha value is -3.32. The Kier molecular flexibility index (Phi) is 5.76. The predicted octanol–water partition coefficient (Wildman–Crippen LogP) is 2.83. The second-order valence-electron chi connectivity index (χ2n) is 6.76. The number of hydrogen-bond acceptors (Lipinski definition) is 4. The van der Waals surface area contributed by atoms with Gasteiger partial charge in [0.1, 0.15) is 5.75 Å². The molecule has 150 valence electrons. The lowest BCUT2D eigenvalue weighted by Gasteiger charge is -2.10. The van der Waals surface area contributed by atoms with Gasteiger partial charge in [0.25, 0.3) is 5.91 Å². The average Bonchev–Trinajstić information content (AvgIpc) is 3.35. The van der Waals surface area contributed by atoms with Crippen LogP contribution in [0.2, 0.25) is 0 Å². The Morgan fingerprint density at radius 1 is 1.03 bits per heavy atom. The molecule has 0 atom stereocenters. The number of rotatable bonds is 9. The Morgan fingerprint density at radius 3 is 2.79 bits per heavy atom. The summed E-state index contributed by atoms with van der Waals surface area (Å²) >= 11 is 0. The van der Waals surface area contributed by atoms with Crippen LogP contribution in [0.5, 0.6) is 5.75 Å². The smallest absolute Gasteiger partial charge is 0.258 e. The summed E-state index contributed by atoms with van der Waals surface area (Å²) in [6.45, 7) is 2.56. The number of amides is 1. The molecular formula is C22H24N4O3. The van der Waals surface area contributed by atoms with E-state index in [9.17, 15) is 4.79 Å². The topological polar surface area (TPSA) is 70.3 Å². The highest BCUT2D eigenvalue weighted by molar-refractivity contribution is 5.87. The summed E-state index contributed by atoms with van der Waals surface area (Å²) in [4.78, 5) is 16.6. The van der Waals surface area contributed by atoms with E-state index in [1.165, 1.54) is 0 Å². The first kappa shape index (κ1) is 19.0. The number of carbonyl (C=O) groups excluding carboxylic acids is 1. The van der Waals surface area contributed by atoms with Crippen molar-refractivity contribution in [1.82, 2.24) is 19.4 Å². The van der Waals surface area contributed by atoms with E-state index in [-0.39, 0.29) is 12.5 Å². The van der Waals surface area contributed by atoms with E-state index < -0.39 is 0 Å². The Bertz CT molecular complexity index is 1120. The fraction of sp³-hybridized carbons (Fsp3) is 0.273. The number of fused-ring (bicyclic) bond motifs is 2. The van der Waals surface area contributed by atoms with Crippen molar-refractivity contribution in [2.75, 3.05) is 26.9 Å². The minimum atomic E-state index is -0.148. The number of nitrogens with one attached hydrogen (secondary N) is 1. The molecule has 0 saturated heterocycles. The molecule has 0 aliphatic rings. The summed E-state index contributed by atoms with van der Waals surface area (Å²) in [5, 5.41) is 3.89. The second kappa shape index (κ2) is 8.79. The molecule has 0 aliphatic heterocycles. The van der Waals surface area contributed by atoms with Gasteiger partial charge in [0, 0.05) is 38.3 Å². The molecule has 4 rings (SSSR count). The fourth-order valence-electron chi connectivity index (χ4n) is 3.40. The highest BCUT2D eigenvalue weighted by Gasteiger charge is 2.09. The number of benzene rings is 2. The lowest BCUT2D eigenvalue weighted by atomic mass is 10.2. The van der Waals surface area contributed by atoms with Crippen molar-refractivity contribution < 1.29 is 14.3 Å². The van der Waals surface area contributed by atoms with Crippen molar-refractivity contribution in [2.24, 2.45) is 0 Å². The maximum absolute atomic E-state index is 12.2. The lowest BCUT2D eigenvalue weighted by molar-refractivity contribution is -0.123. The minimum Gasteiger partial charge on any atom is -0.483 e. The summed E-state index contributed by atoms with van der Waals surface area (Å²) in [6.07, 6.45) is 3.80. The number of para-hydroxylation sites is 2. The number of methoxy groups -OCH3 is 1. The summed E-state index contributed by atoms with van der Waals surface area (Å²) < 4.78 is 15.1. The standard InChI is InChI=1S/C22H24N4O3/c1-28-14-13-25-11-9-17-19(25)7-4-8-21(17)29-15-22(27)23-10-12-26-16-24-18-5-2-3-6-20(18)26/h2-9,11,16H,10,12-15H2,1H3,(H,23,27). The SMILES string of the molecule is COCCn1ccc2c(OCC(=O)NCCn3cnc4ccccc43)cccc21. The number of carbonyl (C=O) groups is 1. The number of nitrogens with zero attached hydrogens (tertiary/aromatic N) is 3. The molecule has 7 nitrogen and oxygen atoms in total. The largest absolute Gasteiger partial charge is 0.483 e. The van der Waals surface area contributed by atoms with Crippen molar-refractivity contribution in [3.8, 4) is 5.75 Å². The number of hydrogen-bond donors (Lipinski definition) is 1. The molecule has 0 fully saturated rings. The molecule has 0 radical (unpaired) electrons. The maximum Gasteiger partial charge on any atom is 0.258 e. The van der Waals surface area contributed by atoms with Gasteiger partial charge in [0.2, 0.25) is 0 Å². The molecule has 29 heavy (non-hydrogen) atoms. The normalized spacial score (nSPS) is 11.2. The van der Waals surface area contributed by atoms with E-state index in [0.717, 1.165) is 28.5 Å². The van der Waals surface area contributed by atoms with Crippen LogP contribution < -0.4 is 10.1 Å². The van der Waals surface area contributed by atoms with Crippen molar-refractivity contribution >= 4 is 27.8 Å². The van der Waals surface area contributed by atoms with Gasteiger partial charge in [-0.3, -0.25) is 4.79 Å². The van der Waals surface area contributed by atoms with Crippen molar-refractivity contribution in [2.45, 2.75) is 13.1 Å². The molecule has 1 N–H and O–H groups in total. The number of aromatic nitrogens is 3. The third-order valence-corrected chi connectivity index (χ3v) is 4.87. The number of imidazole rings is 1. The van der Waals surface area contributed by atoms with Crippen LogP contribution in [0.3, 0.4) is 0 Å². The van der Waals surface area contributed by atoms with Gasteiger partial charge in [-0.1, -0.05) is 18.2 Å². The molecule has 7 heteroatoms. The van der Waals surface area contributed by atoms with Crippen LogP contribution in [0.15, 0.2) is 61.1 Å². The van der Waals surface area contributed by atoms with Crippen LogP contribution in [0.1, 0.15) is 0 Å². The third-order valence-electron chi connectivity index (χ3n) is 4.87. The van der Waals surface area contributed by atoms with E-state index in [2.05, 4.69) is 14.9 Å². The average molecular weight is 392 g/mol. The molecule has 2 aromatic carbocycles. The summed E-state index contributed by atoms with van der Waals surface area (Å²) in [6, 6.07) is 15.8. The Labute approximate surface area is 168 Å². The minimum absolute atomic E-state index is 0.0208. The van der Waals surface area contributed by atoms with Gasteiger partial charge in [-0.15, -0.1) is 0 Å². The zero-order valence-electron chi connectivity index (χ0n) is 16.4. The van der Waals surface area contributed by atoms with Gasteiger partial charge in [-0.2, -0.15) is 0 Å². The molecule has 2 heterocycles. The third kappa shape index (κ3) is 4.25. The van der Waals surface area contributed by atoms with Gasteiger partial charge in [-0.05, 0) is 30.3 Å². The van der Waals surface area contributed by atoms with Crippen LogP contribution in [0.4, 0.5) is 0 Å². The highest BCUT2D eigenvalue weighted by Crippen LogP contribution is 2.26. The first-order chi connectivity index (χ1) is 14.3. The van der Waals surface area contributed by atoms with Crippen molar-refractivity contribution in [3.05, 3.63) is 61.1 Å². The van der Waals surface area contributed by atoms with Crippen LogP contribution >= 0.6 is 0 Å². The van der Waals surface area contributed by atoms with Gasteiger partial charge in [0.05, 0.1) is 29.5 Å². The highest BCUT2D eigenvalue weighted by atomic mass is 16.5. The molecule has 0 bridgehead atoms. The van der Waals surface area contributed by atoms with E-state index in [1.807, 2.05) is 59.3 Å². The van der Waals surface area contributed by atoms with E-state index >= 15 is 0 Å². The lowest BCUT2D eigenvalue weighted by Crippen LogP contribution is -2.31. The summed E-state index contributed by atoms with van der Waals surface area (Å²) in [7, 11) is 1.69. The zero-order chi connectivity index (χ0) is 20.1. The van der Waals surface area contributed by atoms with E-state index in [4.69, 9.17) is 9.47 Å². The molecule has 4 aromatic rings. The van der Waals surface area contributed by atoms with Gasteiger partial charge < -0.3 is 23.9 Å². The first-order valence-electron chi connectivity index (χ1n) is 9.62. The molecule has 0 saturated carbocycles. The molecule has 0 spiro atoms. The van der Waals surface area contributed by atoms with Crippen molar-refractivity contribution in [3.63, 3.8) is 0 Å². The van der Waals surface area contributed by atoms with Gasteiger partial charge in [0.15, 0.2) is 6.61 Å². The van der Waals surface area contributed by atoms with Gasteiger partial charge >= 0.3 is 0 Å². The quantitative estimate of drug-likeness (QED) is 0.476. The molecular weight excluding hydrogens is 368 g/mol. The van der Waals surface area contributed by atoms with E-state index in [0.29, 0.717) is 25.4 Å².